The van der Waals surface area contributed by atoms with Gasteiger partial charge in [0.25, 0.3) is 0 Å². The van der Waals surface area contributed by atoms with Crippen molar-refractivity contribution < 1.29 is 4.74 Å². The van der Waals surface area contributed by atoms with Crippen LogP contribution in [0, 0.1) is 0 Å². The Kier molecular flexibility index (Phi) is 8.28. The quantitative estimate of drug-likeness (QED) is 0.471. The molecule has 0 unspecified atom stereocenters. The van der Waals surface area contributed by atoms with Gasteiger partial charge in [0.15, 0.2) is 0 Å². The Morgan fingerprint density at radius 1 is 1.19 bits per heavy atom. The summed E-state index contributed by atoms with van der Waals surface area (Å²) in [6.45, 7) is 7.01. The van der Waals surface area contributed by atoms with Gasteiger partial charge >= 0.3 is 0 Å². The lowest BCUT2D eigenvalue weighted by molar-refractivity contribution is 0.325. The predicted octanol–water partition coefficient (Wildman–Crippen LogP) is 4.25. The topological polar surface area (TPSA) is 47.4 Å². The van der Waals surface area contributed by atoms with Crippen molar-refractivity contribution in [3.05, 3.63) is 58.6 Å². The zero-order valence-electron chi connectivity index (χ0n) is 12.6. The Balaban J connectivity index is 0.00000106. The van der Waals surface area contributed by atoms with Crippen molar-refractivity contribution in [2.24, 2.45) is 4.99 Å². The van der Waals surface area contributed by atoms with Crippen LogP contribution in [0.2, 0.25) is 0 Å². The molecule has 4 nitrogen and oxygen atoms in total. The summed E-state index contributed by atoms with van der Waals surface area (Å²) in [5.41, 5.74) is 1.77. The third-order valence-corrected chi connectivity index (χ3v) is 2.83. The molecule has 5 heteroatoms. The van der Waals surface area contributed by atoms with Gasteiger partial charge in [-0.1, -0.05) is 26.0 Å². The molecule has 2 rings (SSSR count). The van der Waals surface area contributed by atoms with E-state index in [1.807, 2.05) is 51.1 Å². The summed E-state index contributed by atoms with van der Waals surface area (Å²) in [4.78, 5) is 12.9. The minimum atomic E-state index is 0.520. The van der Waals surface area contributed by atoms with E-state index in [9.17, 15) is 0 Å². The molecule has 112 valence electrons. The standard InChI is InChI=1S/C14H14BrN3O.C2H6/c1-2-19-14(12-5-3-4-8-16-12)18-10-11-6-7-13(15)17-9-11;1-2/h3-9H,2,10H2,1H3;1-2H3. The molecule has 0 spiro atoms. The van der Waals surface area contributed by atoms with Crippen molar-refractivity contribution in [1.29, 1.82) is 0 Å². The first-order valence-electron chi connectivity index (χ1n) is 6.98. The summed E-state index contributed by atoms with van der Waals surface area (Å²) in [7, 11) is 0. The second-order valence-corrected chi connectivity index (χ2v) is 4.57. The molecule has 0 atom stereocenters. The fourth-order valence-electron chi connectivity index (χ4n) is 1.49. The van der Waals surface area contributed by atoms with E-state index in [0.717, 1.165) is 15.9 Å². The highest BCUT2D eigenvalue weighted by Gasteiger charge is 2.05. The minimum Gasteiger partial charge on any atom is -0.477 e. The maximum Gasteiger partial charge on any atom is 0.235 e. The fraction of sp³-hybridized carbons (Fsp3) is 0.312. The summed E-state index contributed by atoms with van der Waals surface area (Å²) < 4.78 is 6.35. The van der Waals surface area contributed by atoms with Crippen LogP contribution >= 0.6 is 15.9 Å². The Morgan fingerprint density at radius 2 is 2.00 bits per heavy atom. The van der Waals surface area contributed by atoms with Gasteiger partial charge in [0, 0.05) is 12.4 Å². The number of nitrogens with zero attached hydrogens (tertiary/aromatic N) is 3. The number of aliphatic imine (C=N–C) groups is 1. The van der Waals surface area contributed by atoms with Gasteiger partial charge in [0.1, 0.15) is 10.3 Å². The molecule has 0 aliphatic heterocycles. The molecule has 2 aromatic heterocycles. The van der Waals surface area contributed by atoms with Gasteiger partial charge < -0.3 is 4.74 Å². The average Bonchev–Trinajstić information content (AvgIpc) is 2.56. The molecule has 0 saturated heterocycles. The molecule has 2 aromatic rings. The number of halogens is 1. The molecule has 0 fully saturated rings. The van der Waals surface area contributed by atoms with Crippen LogP contribution in [0.4, 0.5) is 0 Å². The number of hydrogen-bond acceptors (Lipinski definition) is 4. The van der Waals surface area contributed by atoms with Gasteiger partial charge in [0.05, 0.1) is 13.2 Å². The average molecular weight is 350 g/mol. The lowest BCUT2D eigenvalue weighted by Gasteiger charge is -2.06. The Morgan fingerprint density at radius 3 is 2.57 bits per heavy atom. The van der Waals surface area contributed by atoms with Crippen LogP contribution in [0.3, 0.4) is 0 Å². The predicted molar refractivity (Wildman–Crippen MR) is 89.4 cm³/mol. The van der Waals surface area contributed by atoms with Crippen LogP contribution in [0.5, 0.6) is 0 Å². The first kappa shape index (κ1) is 17.3. The third kappa shape index (κ3) is 6.04. The molecule has 0 radical (unpaired) electrons. The van der Waals surface area contributed by atoms with Gasteiger partial charge in [-0.05, 0) is 46.6 Å². The van der Waals surface area contributed by atoms with Crippen molar-refractivity contribution in [3.8, 4) is 0 Å². The molecule has 0 aromatic carbocycles. The van der Waals surface area contributed by atoms with Crippen LogP contribution in [0.1, 0.15) is 32.0 Å². The summed E-state index contributed by atoms with van der Waals surface area (Å²) >= 11 is 3.31. The van der Waals surface area contributed by atoms with Crippen LogP contribution in [0.15, 0.2) is 52.3 Å². The zero-order valence-corrected chi connectivity index (χ0v) is 14.2. The van der Waals surface area contributed by atoms with Gasteiger partial charge in [-0.2, -0.15) is 0 Å². The number of aromatic nitrogens is 2. The van der Waals surface area contributed by atoms with Crippen LogP contribution in [-0.4, -0.2) is 22.5 Å². The Labute approximate surface area is 134 Å². The first-order chi connectivity index (χ1) is 10.3. The highest BCUT2D eigenvalue weighted by Crippen LogP contribution is 2.08. The van der Waals surface area contributed by atoms with Gasteiger partial charge in [-0.3, -0.25) is 4.98 Å². The van der Waals surface area contributed by atoms with Crippen LogP contribution < -0.4 is 0 Å². The lowest BCUT2D eigenvalue weighted by atomic mass is 10.3. The Bertz CT molecular complexity index is 541. The second kappa shape index (κ2) is 10.0. The summed E-state index contributed by atoms with van der Waals surface area (Å²) in [6, 6.07) is 9.53. The van der Waals surface area contributed by atoms with Crippen molar-refractivity contribution in [2.45, 2.75) is 27.3 Å². The van der Waals surface area contributed by atoms with E-state index in [0.29, 0.717) is 19.0 Å². The van der Waals surface area contributed by atoms with Crippen molar-refractivity contribution in [1.82, 2.24) is 9.97 Å². The second-order valence-electron chi connectivity index (χ2n) is 3.76. The van der Waals surface area contributed by atoms with E-state index < -0.39 is 0 Å². The van der Waals surface area contributed by atoms with Crippen LogP contribution in [-0.2, 0) is 11.3 Å². The number of rotatable bonds is 4. The minimum absolute atomic E-state index is 0.520. The van der Waals surface area contributed by atoms with E-state index in [1.54, 1.807) is 12.4 Å². The molecule has 2 heterocycles. The SMILES string of the molecule is CC.CCOC(=NCc1ccc(Br)nc1)c1ccccn1. The number of pyridine rings is 2. The third-order valence-electron chi connectivity index (χ3n) is 2.36. The maximum atomic E-state index is 5.53. The highest BCUT2D eigenvalue weighted by atomic mass is 79.9. The molecule has 0 N–H and O–H groups in total. The Hall–Kier alpha value is -1.75. The molecule has 0 amide bonds. The van der Waals surface area contributed by atoms with E-state index in [-0.39, 0.29) is 0 Å². The summed E-state index contributed by atoms with van der Waals surface area (Å²) in [6.07, 6.45) is 3.51. The van der Waals surface area contributed by atoms with Gasteiger partial charge in [0.2, 0.25) is 5.90 Å². The van der Waals surface area contributed by atoms with Crippen molar-refractivity contribution >= 4 is 21.8 Å². The van der Waals surface area contributed by atoms with Gasteiger partial charge in [-0.15, -0.1) is 0 Å². The van der Waals surface area contributed by atoms with Gasteiger partial charge in [-0.25, -0.2) is 9.98 Å². The monoisotopic (exact) mass is 349 g/mol. The highest BCUT2D eigenvalue weighted by molar-refractivity contribution is 9.10. The lowest BCUT2D eigenvalue weighted by Crippen LogP contribution is -2.09. The molecular formula is C16H20BrN3O. The molecule has 0 saturated carbocycles. The molecular weight excluding hydrogens is 330 g/mol. The van der Waals surface area contributed by atoms with E-state index in [4.69, 9.17) is 4.74 Å². The smallest absolute Gasteiger partial charge is 0.235 e. The first-order valence-corrected chi connectivity index (χ1v) is 7.78. The zero-order chi connectivity index (χ0) is 15.5. The van der Waals surface area contributed by atoms with Crippen molar-refractivity contribution in [2.75, 3.05) is 6.61 Å². The van der Waals surface area contributed by atoms with E-state index in [1.165, 1.54) is 0 Å². The summed E-state index contributed by atoms with van der Waals surface area (Å²) in [5.74, 6) is 0.561. The fourth-order valence-corrected chi connectivity index (χ4v) is 1.72. The summed E-state index contributed by atoms with van der Waals surface area (Å²) in [5, 5.41) is 0. The number of ether oxygens (including phenoxy) is 1. The van der Waals surface area contributed by atoms with Crippen LogP contribution in [0.25, 0.3) is 0 Å². The molecule has 0 bridgehead atoms. The van der Waals surface area contributed by atoms with E-state index >= 15 is 0 Å². The molecule has 0 aliphatic carbocycles. The van der Waals surface area contributed by atoms with Crippen molar-refractivity contribution in [3.63, 3.8) is 0 Å². The molecule has 0 aliphatic rings. The normalized spacial score (nSPS) is 10.6. The largest absolute Gasteiger partial charge is 0.477 e. The maximum absolute atomic E-state index is 5.53. The van der Waals surface area contributed by atoms with E-state index in [2.05, 4.69) is 30.9 Å². The molecule has 21 heavy (non-hydrogen) atoms. The number of hydrogen-bond donors (Lipinski definition) is 0.